The number of nitrogens with one attached hydrogen (secondary N) is 3. The van der Waals surface area contributed by atoms with Gasteiger partial charge in [-0.3, -0.25) is 4.79 Å². The summed E-state index contributed by atoms with van der Waals surface area (Å²) in [7, 11) is 1.49. The van der Waals surface area contributed by atoms with Gasteiger partial charge in [-0.15, -0.1) is 0 Å². The number of rotatable bonds is 3. The van der Waals surface area contributed by atoms with Gasteiger partial charge in [-0.05, 0) is 36.4 Å². The second kappa shape index (κ2) is 7.43. The Morgan fingerprint density at radius 2 is 1.87 bits per heavy atom. The zero-order chi connectivity index (χ0) is 17.0. The maximum atomic E-state index is 13.3. The lowest BCUT2D eigenvalue weighted by Gasteiger charge is -2.12. The lowest BCUT2D eigenvalue weighted by molar-refractivity contribution is 0.0964. The number of hydrogen-bond acceptors (Lipinski definition) is 2. The molecule has 3 N–H and O–H groups in total. The van der Waals surface area contributed by atoms with E-state index in [1.807, 2.05) is 0 Å². The number of carbonyl (C=O) groups excluding carboxylic acids is 2. The molecule has 0 radical (unpaired) electrons. The molecule has 23 heavy (non-hydrogen) atoms. The van der Waals surface area contributed by atoms with E-state index >= 15 is 0 Å². The van der Waals surface area contributed by atoms with Crippen molar-refractivity contribution < 1.29 is 14.0 Å². The predicted octanol–water partition coefficient (Wildman–Crippen LogP) is 4.25. The average Bonchev–Trinajstić information content (AvgIpc) is 2.45. The van der Waals surface area contributed by atoms with Gasteiger partial charge in [0.25, 0.3) is 5.91 Å². The Morgan fingerprint density at radius 1 is 1.13 bits per heavy atom. The van der Waals surface area contributed by atoms with E-state index < -0.39 is 11.8 Å². The molecule has 0 spiro atoms. The van der Waals surface area contributed by atoms with Gasteiger partial charge in [0.05, 0.1) is 11.3 Å². The van der Waals surface area contributed by atoms with Crippen LogP contribution in [0.2, 0.25) is 5.02 Å². The Kier molecular flexibility index (Phi) is 5.57. The standard InChI is InChI=1S/C15H12BrClFN3O2/c1-19-14(22)12-3-2-8(16)4-13(12)21-15(23)20-11-6-9(17)5-10(18)7-11/h2-7H,1H3,(H,19,22)(H2,20,21,23). The molecule has 0 heterocycles. The molecule has 0 unspecified atom stereocenters. The smallest absolute Gasteiger partial charge is 0.323 e. The van der Waals surface area contributed by atoms with Crippen LogP contribution in [-0.2, 0) is 0 Å². The molecule has 0 saturated carbocycles. The highest BCUT2D eigenvalue weighted by Crippen LogP contribution is 2.22. The molecule has 3 amide bonds. The highest BCUT2D eigenvalue weighted by molar-refractivity contribution is 9.10. The first-order valence-corrected chi connectivity index (χ1v) is 7.62. The number of halogens is 3. The molecule has 2 rings (SSSR count). The minimum Gasteiger partial charge on any atom is -0.355 e. The van der Waals surface area contributed by atoms with E-state index in [-0.39, 0.29) is 16.6 Å². The summed E-state index contributed by atoms with van der Waals surface area (Å²) < 4.78 is 13.9. The normalized spacial score (nSPS) is 10.1. The van der Waals surface area contributed by atoms with Crippen molar-refractivity contribution in [3.63, 3.8) is 0 Å². The molecule has 120 valence electrons. The van der Waals surface area contributed by atoms with Gasteiger partial charge < -0.3 is 16.0 Å². The van der Waals surface area contributed by atoms with Crippen LogP contribution in [0.4, 0.5) is 20.6 Å². The van der Waals surface area contributed by atoms with E-state index in [0.29, 0.717) is 15.7 Å². The maximum absolute atomic E-state index is 13.3. The zero-order valence-corrected chi connectivity index (χ0v) is 14.3. The Balaban J connectivity index is 2.19. The second-order valence-corrected chi connectivity index (χ2v) is 5.86. The van der Waals surface area contributed by atoms with Gasteiger partial charge in [0, 0.05) is 22.2 Å². The molecule has 0 aliphatic rings. The fourth-order valence-electron chi connectivity index (χ4n) is 1.86. The SMILES string of the molecule is CNC(=O)c1ccc(Br)cc1NC(=O)Nc1cc(F)cc(Cl)c1. The summed E-state index contributed by atoms with van der Waals surface area (Å²) in [5, 5.41) is 7.65. The van der Waals surface area contributed by atoms with E-state index in [1.165, 1.54) is 13.1 Å². The molecule has 0 fully saturated rings. The fraction of sp³-hybridized carbons (Fsp3) is 0.0667. The van der Waals surface area contributed by atoms with Gasteiger partial charge in [-0.1, -0.05) is 27.5 Å². The monoisotopic (exact) mass is 399 g/mol. The van der Waals surface area contributed by atoms with Crippen LogP contribution >= 0.6 is 27.5 Å². The van der Waals surface area contributed by atoms with Crippen LogP contribution in [0.1, 0.15) is 10.4 Å². The summed E-state index contributed by atoms with van der Waals surface area (Å²) in [5.74, 6) is -0.914. The highest BCUT2D eigenvalue weighted by Gasteiger charge is 2.13. The van der Waals surface area contributed by atoms with Crippen molar-refractivity contribution in [1.82, 2.24) is 5.32 Å². The van der Waals surface area contributed by atoms with Crippen LogP contribution in [0.15, 0.2) is 40.9 Å². The molecule has 0 aliphatic carbocycles. The zero-order valence-electron chi connectivity index (χ0n) is 11.9. The summed E-state index contributed by atoms with van der Waals surface area (Å²) in [4.78, 5) is 23.9. The van der Waals surface area contributed by atoms with Crippen LogP contribution in [0, 0.1) is 5.82 Å². The fourth-order valence-corrected chi connectivity index (χ4v) is 2.45. The van der Waals surface area contributed by atoms with Crippen LogP contribution in [-0.4, -0.2) is 19.0 Å². The van der Waals surface area contributed by atoms with Crippen molar-refractivity contribution in [3.05, 3.63) is 57.3 Å². The minimum absolute atomic E-state index is 0.161. The lowest BCUT2D eigenvalue weighted by Crippen LogP contribution is -2.24. The van der Waals surface area contributed by atoms with Crippen molar-refractivity contribution >= 4 is 50.8 Å². The van der Waals surface area contributed by atoms with E-state index in [2.05, 4.69) is 31.9 Å². The summed E-state index contributed by atoms with van der Waals surface area (Å²) in [5.41, 5.74) is 0.797. The van der Waals surface area contributed by atoms with Gasteiger partial charge in [-0.25, -0.2) is 9.18 Å². The maximum Gasteiger partial charge on any atom is 0.323 e. The van der Waals surface area contributed by atoms with E-state index in [0.717, 1.165) is 12.1 Å². The minimum atomic E-state index is -0.630. The summed E-state index contributed by atoms with van der Waals surface area (Å²) in [6.45, 7) is 0. The Morgan fingerprint density at radius 3 is 2.52 bits per heavy atom. The summed E-state index contributed by atoms with van der Waals surface area (Å²) in [6, 6.07) is 7.87. The van der Waals surface area contributed by atoms with Gasteiger partial charge >= 0.3 is 6.03 Å². The molecule has 2 aromatic carbocycles. The first kappa shape index (κ1) is 17.2. The number of hydrogen-bond donors (Lipinski definition) is 3. The van der Waals surface area contributed by atoms with Crippen molar-refractivity contribution in [2.45, 2.75) is 0 Å². The third-order valence-corrected chi connectivity index (χ3v) is 3.53. The molecule has 5 nitrogen and oxygen atoms in total. The number of anilines is 2. The third-order valence-electron chi connectivity index (χ3n) is 2.82. The van der Waals surface area contributed by atoms with Crippen LogP contribution in [0.3, 0.4) is 0 Å². The summed E-state index contributed by atoms with van der Waals surface area (Å²) in [6.07, 6.45) is 0. The van der Waals surface area contributed by atoms with E-state index in [1.54, 1.807) is 18.2 Å². The molecule has 2 aromatic rings. The topological polar surface area (TPSA) is 70.2 Å². The van der Waals surface area contributed by atoms with Gasteiger partial charge in [0.2, 0.25) is 0 Å². The van der Waals surface area contributed by atoms with Gasteiger partial charge in [0.15, 0.2) is 0 Å². The number of benzene rings is 2. The molecular weight excluding hydrogens is 389 g/mol. The predicted molar refractivity (Wildman–Crippen MR) is 91.6 cm³/mol. The Hall–Kier alpha value is -2.12. The quantitative estimate of drug-likeness (QED) is 0.721. The first-order chi connectivity index (χ1) is 10.9. The van der Waals surface area contributed by atoms with Gasteiger partial charge in [-0.2, -0.15) is 0 Å². The second-order valence-electron chi connectivity index (χ2n) is 4.51. The molecule has 0 saturated heterocycles. The number of amides is 3. The van der Waals surface area contributed by atoms with Crippen LogP contribution < -0.4 is 16.0 Å². The van der Waals surface area contributed by atoms with Crippen LogP contribution in [0.5, 0.6) is 0 Å². The highest BCUT2D eigenvalue weighted by atomic mass is 79.9. The summed E-state index contributed by atoms with van der Waals surface area (Å²) >= 11 is 9.00. The van der Waals surface area contributed by atoms with Crippen molar-refractivity contribution in [2.75, 3.05) is 17.7 Å². The molecular formula is C15H12BrClFN3O2. The molecule has 0 aliphatic heterocycles. The molecule has 0 bridgehead atoms. The van der Waals surface area contributed by atoms with E-state index in [4.69, 9.17) is 11.6 Å². The first-order valence-electron chi connectivity index (χ1n) is 6.45. The third kappa shape index (κ3) is 4.67. The molecule has 0 aromatic heterocycles. The van der Waals surface area contributed by atoms with Crippen molar-refractivity contribution in [2.24, 2.45) is 0 Å². The Bertz CT molecular complexity index is 750. The van der Waals surface area contributed by atoms with E-state index in [9.17, 15) is 14.0 Å². The van der Waals surface area contributed by atoms with Crippen molar-refractivity contribution in [1.29, 1.82) is 0 Å². The molecule has 0 atom stereocenters. The lowest BCUT2D eigenvalue weighted by atomic mass is 10.1. The average molecular weight is 401 g/mol. The molecule has 8 heteroatoms. The Labute approximate surface area is 145 Å². The van der Waals surface area contributed by atoms with Crippen molar-refractivity contribution in [3.8, 4) is 0 Å². The largest absolute Gasteiger partial charge is 0.355 e. The number of carbonyl (C=O) groups is 2. The van der Waals surface area contributed by atoms with Gasteiger partial charge in [0.1, 0.15) is 5.82 Å². The van der Waals surface area contributed by atoms with Crippen LogP contribution in [0.25, 0.3) is 0 Å². The number of urea groups is 1.